The Morgan fingerprint density at radius 2 is 1.78 bits per heavy atom. The molecule has 0 amide bonds. The first-order valence-corrected chi connectivity index (χ1v) is 8.77. The minimum absolute atomic E-state index is 0.140. The molecule has 0 saturated heterocycles. The van der Waals surface area contributed by atoms with Crippen LogP contribution in [0.2, 0.25) is 0 Å². The fraction of sp³-hybridized carbons (Fsp3) is 0.294. The second-order valence-corrected chi connectivity index (χ2v) is 7.41. The van der Waals surface area contributed by atoms with Gasteiger partial charge in [0.05, 0.1) is 0 Å². The molecular formula is C17H21FN2O2S. The first-order valence-electron chi connectivity index (χ1n) is 7.28. The van der Waals surface area contributed by atoms with Crippen molar-refractivity contribution in [2.45, 2.75) is 17.9 Å². The van der Waals surface area contributed by atoms with Gasteiger partial charge in [-0.15, -0.1) is 0 Å². The van der Waals surface area contributed by atoms with Crippen LogP contribution in [0.1, 0.15) is 17.2 Å². The minimum Gasteiger partial charge on any atom is -0.301 e. The summed E-state index contributed by atoms with van der Waals surface area (Å²) in [5, 5.41) is 0. The zero-order valence-electron chi connectivity index (χ0n) is 13.5. The maximum atomic E-state index is 13.8. The third-order valence-electron chi connectivity index (χ3n) is 3.65. The van der Waals surface area contributed by atoms with Crippen molar-refractivity contribution in [3.63, 3.8) is 0 Å². The van der Waals surface area contributed by atoms with Crippen molar-refractivity contribution in [2.24, 2.45) is 0 Å². The van der Waals surface area contributed by atoms with Crippen molar-refractivity contribution >= 4 is 10.0 Å². The molecule has 0 aliphatic rings. The highest BCUT2D eigenvalue weighted by atomic mass is 32.2. The molecule has 0 bridgehead atoms. The van der Waals surface area contributed by atoms with Gasteiger partial charge in [0.15, 0.2) is 0 Å². The lowest BCUT2D eigenvalue weighted by Gasteiger charge is -2.25. The molecule has 0 radical (unpaired) electrons. The second kappa shape index (κ2) is 7.21. The predicted molar refractivity (Wildman–Crippen MR) is 89.2 cm³/mol. The number of nitrogens with zero attached hydrogens (tertiary/aromatic N) is 1. The highest BCUT2D eigenvalue weighted by Gasteiger charge is 2.22. The van der Waals surface area contributed by atoms with Crippen molar-refractivity contribution in [1.82, 2.24) is 9.62 Å². The summed E-state index contributed by atoms with van der Waals surface area (Å²) in [5.41, 5.74) is 1.68. The number of sulfonamides is 1. The summed E-state index contributed by atoms with van der Waals surface area (Å²) in [7, 11) is -0.153. The lowest BCUT2D eigenvalue weighted by atomic mass is 10.1. The minimum atomic E-state index is -3.90. The normalized spacial score (nSPS) is 13.3. The van der Waals surface area contributed by atoms with Crippen molar-refractivity contribution in [3.8, 4) is 0 Å². The largest absolute Gasteiger partial charge is 0.301 e. The molecule has 0 spiro atoms. The van der Waals surface area contributed by atoms with E-state index in [-0.39, 0.29) is 17.5 Å². The number of benzene rings is 2. The van der Waals surface area contributed by atoms with Crippen LogP contribution in [0.3, 0.4) is 0 Å². The van der Waals surface area contributed by atoms with Gasteiger partial charge in [0.1, 0.15) is 10.7 Å². The van der Waals surface area contributed by atoms with Crippen LogP contribution in [-0.4, -0.2) is 34.0 Å². The molecule has 0 aliphatic carbocycles. The third-order valence-corrected chi connectivity index (χ3v) is 5.09. The van der Waals surface area contributed by atoms with E-state index in [0.29, 0.717) is 5.56 Å². The first-order chi connectivity index (χ1) is 10.8. The Morgan fingerprint density at radius 3 is 2.39 bits per heavy atom. The van der Waals surface area contributed by atoms with Gasteiger partial charge in [0, 0.05) is 12.6 Å². The van der Waals surface area contributed by atoms with E-state index < -0.39 is 15.8 Å². The van der Waals surface area contributed by atoms with Gasteiger partial charge in [0.25, 0.3) is 0 Å². The molecule has 1 atom stereocenters. The summed E-state index contributed by atoms with van der Waals surface area (Å²) in [6, 6.07) is 13.5. The Balaban J connectivity index is 2.22. The van der Waals surface area contributed by atoms with Crippen LogP contribution in [-0.2, 0) is 10.0 Å². The van der Waals surface area contributed by atoms with E-state index in [2.05, 4.69) is 4.72 Å². The molecule has 23 heavy (non-hydrogen) atoms. The highest BCUT2D eigenvalue weighted by molar-refractivity contribution is 7.89. The van der Waals surface area contributed by atoms with Gasteiger partial charge in [-0.2, -0.15) is 0 Å². The average molecular weight is 336 g/mol. The van der Waals surface area contributed by atoms with E-state index in [1.807, 2.05) is 49.3 Å². The lowest BCUT2D eigenvalue weighted by Crippen LogP contribution is -2.34. The summed E-state index contributed by atoms with van der Waals surface area (Å²) in [6.07, 6.45) is 0. The number of aryl methyl sites for hydroxylation is 1. The van der Waals surface area contributed by atoms with Gasteiger partial charge < -0.3 is 4.90 Å². The number of likely N-dealkylation sites (N-methyl/N-ethyl adjacent to an activating group) is 1. The summed E-state index contributed by atoms with van der Waals surface area (Å²) < 4.78 is 41.1. The molecule has 1 N–H and O–H groups in total. The smallest absolute Gasteiger partial charge is 0.243 e. The van der Waals surface area contributed by atoms with Crippen LogP contribution in [0.4, 0.5) is 4.39 Å². The van der Waals surface area contributed by atoms with E-state index in [9.17, 15) is 12.8 Å². The Labute approximate surface area is 137 Å². The van der Waals surface area contributed by atoms with E-state index in [1.165, 1.54) is 12.1 Å². The molecular weight excluding hydrogens is 315 g/mol. The monoisotopic (exact) mass is 336 g/mol. The molecule has 0 heterocycles. The molecule has 0 aliphatic heterocycles. The standard InChI is InChI=1S/C17H21FN2O2S/c1-13-9-10-15(18)17(11-13)23(21,22)19-12-16(20(2)3)14-7-5-4-6-8-14/h4-11,16,19H,12H2,1-3H3. The van der Waals surface area contributed by atoms with E-state index in [1.54, 1.807) is 13.0 Å². The molecule has 2 aromatic carbocycles. The van der Waals surface area contributed by atoms with Crippen LogP contribution < -0.4 is 4.72 Å². The Morgan fingerprint density at radius 1 is 1.13 bits per heavy atom. The topological polar surface area (TPSA) is 49.4 Å². The van der Waals surface area contributed by atoms with Crippen molar-refractivity contribution in [1.29, 1.82) is 0 Å². The van der Waals surface area contributed by atoms with Crippen molar-refractivity contribution in [2.75, 3.05) is 20.6 Å². The lowest BCUT2D eigenvalue weighted by molar-refractivity contribution is 0.299. The van der Waals surface area contributed by atoms with Gasteiger partial charge in [0.2, 0.25) is 10.0 Å². The van der Waals surface area contributed by atoms with Crippen LogP contribution in [0.5, 0.6) is 0 Å². The quantitative estimate of drug-likeness (QED) is 0.882. The third kappa shape index (κ3) is 4.37. The zero-order chi connectivity index (χ0) is 17.0. The number of rotatable bonds is 6. The summed E-state index contributed by atoms with van der Waals surface area (Å²) in [6.45, 7) is 1.89. The molecule has 0 fully saturated rings. The van der Waals surface area contributed by atoms with E-state index in [4.69, 9.17) is 0 Å². The molecule has 6 heteroatoms. The van der Waals surface area contributed by atoms with Crippen molar-refractivity contribution < 1.29 is 12.8 Å². The van der Waals surface area contributed by atoms with Crippen LogP contribution >= 0.6 is 0 Å². The summed E-state index contributed by atoms with van der Waals surface area (Å²) in [4.78, 5) is 1.60. The van der Waals surface area contributed by atoms with Gasteiger partial charge in [-0.25, -0.2) is 17.5 Å². The molecule has 2 rings (SSSR count). The fourth-order valence-electron chi connectivity index (χ4n) is 2.36. The predicted octanol–water partition coefficient (Wildman–Crippen LogP) is 2.72. The van der Waals surface area contributed by atoms with Crippen LogP contribution in [0.15, 0.2) is 53.4 Å². The second-order valence-electron chi connectivity index (χ2n) is 5.68. The number of nitrogens with one attached hydrogen (secondary N) is 1. The van der Waals surface area contributed by atoms with Crippen molar-refractivity contribution in [3.05, 3.63) is 65.5 Å². The number of hydrogen-bond acceptors (Lipinski definition) is 3. The number of hydrogen-bond donors (Lipinski definition) is 1. The van der Waals surface area contributed by atoms with E-state index >= 15 is 0 Å². The molecule has 0 aromatic heterocycles. The molecule has 1 unspecified atom stereocenters. The Kier molecular flexibility index (Phi) is 5.51. The van der Waals surface area contributed by atoms with Gasteiger partial charge in [-0.1, -0.05) is 36.4 Å². The Bertz CT molecular complexity index is 761. The van der Waals surface area contributed by atoms with Gasteiger partial charge in [-0.3, -0.25) is 0 Å². The van der Waals surface area contributed by atoms with Crippen LogP contribution in [0, 0.1) is 12.7 Å². The number of halogens is 1. The summed E-state index contributed by atoms with van der Waals surface area (Å²) >= 11 is 0. The molecule has 4 nitrogen and oxygen atoms in total. The maximum absolute atomic E-state index is 13.8. The average Bonchev–Trinajstić information content (AvgIpc) is 2.50. The first kappa shape index (κ1) is 17.6. The maximum Gasteiger partial charge on any atom is 0.243 e. The van der Waals surface area contributed by atoms with Crippen LogP contribution in [0.25, 0.3) is 0 Å². The van der Waals surface area contributed by atoms with E-state index in [0.717, 1.165) is 5.56 Å². The highest BCUT2D eigenvalue weighted by Crippen LogP contribution is 2.20. The molecule has 124 valence electrons. The molecule has 2 aromatic rings. The fourth-order valence-corrected chi connectivity index (χ4v) is 3.56. The molecule has 0 saturated carbocycles. The van der Waals surface area contributed by atoms with Gasteiger partial charge in [-0.05, 0) is 44.3 Å². The summed E-state index contributed by atoms with van der Waals surface area (Å²) in [5.74, 6) is -0.746. The van der Waals surface area contributed by atoms with Gasteiger partial charge >= 0.3 is 0 Å². The Hall–Kier alpha value is -1.76. The SMILES string of the molecule is Cc1ccc(F)c(S(=O)(=O)NCC(c2ccccc2)N(C)C)c1. The zero-order valence-corrected chi connectivity index (χ0v) is 14.3.